The first-order valence-corrected chi connectivity index (χ1v) is 2.50. The van der Waals surface area contributed by atoms with E-state index >= 15 is 0 Å². The fourth-order valence-corrected chi connectivity index (χ4v) is 0. The second-order valence-electron chi connectivity index (χ2n) is 0.878. The smallest absolute Gasteiger partial charge is 0.214 e. The highest BCUT2D eigenvalue weighted by atomic mass is 35.5. The molecule has 0 aliphatic heterocycles. The number of primary amides is 1. The van der Waals surface area contributed by atoms with Crippen LogP contribution in [0.5, 0.6) is 0 Å². The number of halogens is 1. The van der Waals surface area contributed by atoms with Gasteiger partial charge in [0.25, 0.3) is 0 Å². The van der Waals surface area contributed by atoms with E-state index in [1.54, 1.807) is 0 Å². The second kappa shape index (κ2) is 9.23. The average molecular weight is 124 g/mol. The Balaban J connectivity index is 0. The molecule has 0 aromatic heterocycles. The first-order chi connectivity index (χ1) is 3.15. The van der Waals surface area contributed by atoms with Crippen LogP contribution in [0.1, 0.15) is 13.8 Å². The molecule has 0 aromatic rings. The van der Waals surface area contributed by atoms with Gasteiger partial charge in [-0.2, -0.15) is 0 Å². The summed E-state index contributed by atoms with van der Waals surface area (Å²) in [4.78, 5) is 9.22. The van der Waals surface area contributed by atoms with Crippen molar-refractivity contribution < 1.29 is 4.79 Å². The zero-order valence-corrected chi connectivity index (χ0v) is 5.33. The Morgan fingerprint density at radius 2 is 1.86 bits per heavy atom. The molecule has 0 fully saturated rings. The molecule has 2 nitrogen and oxygen atoms in total. The minimum Gasteiger partial charge on any atom is -0.370 e. The van der Waals surface area contributed by atoms with Gasteiger partial charge in [0.05, 0.1) is 0 Å². The molecule has 0 heterocycles. The third-order valence-corrected chi connectivity index (χ3v) is 0. The molecule has 7 heavy (non-hydrogen) atoms. The van der Waals surface area contributed by atoms with Gasteiger partial charge in [-0.15, -0.1) is 11.6 Å². The largest absolute Gasteiger partial charge is 0.370 e. The third kappa shape index (κ3) is 1410. The van der Waals surface area contributed by atoms with Gasteiger partial charge in [0, 0.05) is 12.8 Å². The summed E-state index contributed by atoms with van der Waals surface area (Å²) in [6.07, 6.45) is 0. The molecule has 0 saturated carbocycles. The maximum absolute atomic E-state index is 9.22. The molecule has 0 saturated heterocycles. The van der Waals surface area contributed by atoms with Gasteiger partial charge >= 0.3 is 0 Å². The number of hydrogen-bond acceptors (Lipinski definition) is 1. The molecule has 0 radical (unpaired) electrons. The van der Waals surface area contributed by atoms with Crippen molar-refractivity contribution in [2.45, 2.75) is 13.8 Å². The summed E-state index contributed by atoms with van der Waals surface area (Å²) >= 11 is 5.00. The predicted octanol–water partition coefficient (Wildman–Crippen LogP) is 0.737. The highest BCUT2D eigenvalue weighted by Gasteiger charge is 1.61. The standard InChI is InChI=1S/C2H5Cl.C2H5NO/c1-2-3;1-2(3)4/h2H2,1H3;1H3,(H2,3,4). The molecule has 0 rings (SSSR count). The topological polar surface area (TPSA) is 43.1 Å². The minimum absolute atomic E-state index is 0.333. The molecular weight excluding hydrogens is 114 g/mol. The molecule has 0 spiro atoms. The van der Waals surface area contributed by atoms with E-state index in [0.29, 0.717) is 0 Å². The molecule has 0 aliphatic carbocycles. The van der Waals surface area contributed by atoms with Crippen LogP contribution in [0.15, 0.2) is 0 Å². The molecule has 1 amide bonds. The molecule has 0 unspecified atom stereocenters. The maximum Gasteiger partial charge on any atom is 0.214 e. The summed E-state index contributed by atoms with van der Waals surface area (Å²) < 4.78 is 0. The molecule has 2 N–H and O–H groups in total. The Labute approximate surface area is 48.6 Å². The quantitative estimate of drug-likeness (QED) is 0.475. The number of hydrogen-bond donors (Lipinski definition) is 1. The van der Waals surface area contributed by atoms with Gasteiger partial charge in [0.2, 0.25) is 5.91 Å². The van der Waals surface area contributed by atoms with Crippen LogP contribution in [0.2, 0.25) is 0 Å². The summed E-state index contributed by atoms with van der Waals surface area (Å²) in [6, 6.07) is 0. The van der Waals surface area contributed by atoms with E-state index in [9.17, 15) is 4.79 Å². The molecule has 44 valence electrons. The van der Waals surface area contributed by atoms with Crippen LogP contribution in [-0.4, -0.2) is 11.8 Å². The number of carbonyl (C=O) groups is 1. The molecule has 0 bridgehead atoms. The first-order valence-electron chi connectivity index (χ1n) is 1.97. The normalized spacial score (nSPS) is 6.14. The number of nitrogens with two attached hydrogens (primary N) is 1. The van der Waals surface area contributed by atoms with Gasteiger partial charge in [-0.05, 0) is 0 Å². The molecule has 3 heteroatoms. The summed E-state index contributed by atoms with van der Waals surface area (Å²) in [5.74, 6) is 0.389. The Bertz CT molecular complexity index is 43.0. The van der Waals surface area contributed by atoms with E-state index in [1.807, 2.05) is 6.92 Å². The lowest BCUT2D eigenvalue weighted by Crippen LogP contribution is -2.01. The van der Waals surface area contributed by atoms with Crippen molar-refractivity contribution in [1.29, 1.82) is 0 Å². The lowest BCUT2D eigenvalue weighted by molar-refractivity contribution is -0.115. The lowest BCUT2D eigenvalue weighted by atomic mass is 10.8. The Kier molecular flexibility index (Phi) is 13.1. The summed E-state index contributed by atoms with van der Waals surface area (Å²) in [7, 11) is 0. The van der Waals surface area contributed by atoms with Crippen molar-refractivity contribution >= 4 is 17.5 Å². The fourth-order valence-electron chi connectivity index (χ4n) is 0. The van der Waals surface area contributed by atoms with E-state index in [0.717, 1.165) is 5.88 Å². The highest BCUT2D eigenvalue weighted by molar-refractivity contribution is 6.17. The summed E-state index contributed by atoms with van der Waals surface area (Å²) in [5, 5.41) is 0. The van der Waals surface area contributed by atoms with Crippen LogP contribution in [0.25, 0.3) is 0 Å². The number of alkyl halides is 1. The Morgan fingerprint density at radius 1 is 1.86 bits per heavy atom. The molecule has 0 atom stereocenters. The number of carbonyl (C=O) groups excluding carboxylic acids is 1. The average Bonchev–Trinajstić information content (AvgIpc) is 1.33. The van der Waals surface area contributed by atoms with Gasteiger partial charge in [-0.25, -0.2) is 0 Å². The summed E-state index contributed by atoms with van der Waals surface area (Å²) in [5.41, 5.74) is 4.47. The van der Waals surface area contributed by atoms with Crippen LogP contribution in [-0.2, 0) is 4.79 Å². The maximum atomic E-state index is 9.22. The van der Waals surface area contributed by atoms with Crippen LogP contribution in [0, 0.1) is 0 Å². The number of amides is 1. The van der Waals surface area contributed by atoms with Crippen LogP contribution in [0.4, 0.5) is 0 Å². The zero-order valence-electron chi connectivity index (χ0n) is 4.57. The number of rotatable bonds is 0. The van der Waals surface area contributed by atoms with E-state index in [1.165, 1.54) is 6.92 Å². The van der Waals surface area contributed by atoms with E-state index in [4.69, 9.17) is 11.6 Å². The van der Waals surface area contributed by atoms with Gasteiger partial charge in [0.15, 0.2) is 0 Å². The van der Waals surface area contributed by atoms with E-state index in [-0.39, 0.29) is 5.91 Å². The van der Waals surface area contributed by atoms with Gasteiger partial charge in [-0.3, -0.25) is 4.79 Å². The van der Waals surface area contributed by atoms with Gasteiger partial charge in [-0.1, -0.05) is 6.92 Å². The van der Waals surface area contributed by atoms with Crippen LogP contribution >= 0.6 is 11.6 Å². The Morgan fingerprint density at radius 3 is 1.86 bits per heavy atom. The third-order valence-electron chi connectivity index (χ3n) is 0. The van der Waals surface area contributed by atoms with Crippen molar-refractivity contribution in [3.63, 3.8) is 0 Å². The van der Waals surface area contributed by atoms with Crippen molar-refractivity contribution in [2.24, 2.45) is 5.73 Å². The molecular formula is C4H10ClNO. The van der Waals surface area contributed by atoms with Gasteiger partial charge < -0.3 is 5.73 Å². The van der Waals surface area contributed by atoms with Crippen molar-refractivity contribution in [2.75, 3.05) is 5.88 Å². The molecule has 0 aromatic carbocycles. The zero-order chi connectivity index (χ0) is 6.28. The van der Waals surface area contributed by atoms with E-state index < -0.39 is 0 Å². The second-order valence-corrected chi connectivity index (χ2v) is 1.41. The van der Waals surface area contributed by atoms with E-state index in [2.05, 4.69) is 5.73 Å². The SMILES string of the molecule is CC(N)=O.CCCl. The lowest BCUT2D eigenvalue weighted by Gasteiger charge is -1.60. The van der Waals surface area contributed by atoms with Crippen molar-refractivity contribution in [3.8, 4) is 0 Å². The molecule has 0 aliphatic rings. The summed E-state index contributed by atoms with van der Waals surface area (Å²) in [6.45, 7) is 3.20. The van der Waals surface area contributed by atoms with Crippen LogP contribution in [0.3, 0.4) is 0 Å². The van der Waals surface area contributed by atoms with Crippen molar-refractivity contribution in [3.05, 3.63) is 0 Å². The minimum atomic E-state index is -0.333. The van der Waals surface area contributed by atoms with Gasteiger partial charge in [0.1, 0.15) is 0 Å². The first kappa shape index (κ1) is 9.90. The van der Waals surface area contributed by atoms with Crippen LogP contribution < -0.4 is 5.73 Å². The monoisotopic (exact) mass is 123 g/mol. The Hall–Kier alpha value is -0.240. The van der Waals surface area contributed by atoms with Crippen molar-refractivity contribution in [1.82, 2.24) is 0 Å². The predicted molar refractivity (Wildman–Crippen MR) is 31.3 cm³/mol. The fraction of sp³-hybridized carbons (Fsp3) is 0.750. The highest BCUT2D eigenvalue weighted by Crippen LogP contribution is 1.59.